The monoisotopic (exact) mass is 272 g/mol. The van der Waals surface area contributed by atoms with Gasteiger partial charge in [-0.25, -0.2) is 0 Å². The van der Waals surface area contributed by atoms with E-state index in [9.17, 15) is 10.1 Å². The van der Waals surface area contributed by atoms with Crippen LogP contribution in [0.3, 0.4) is 0 Å². The Labute approximate surface area is 117 Å². The van der Waals surface area contributed by atoms with Crippen LogP contribution in [0.4, 0.5) is 11.4 Å². The summed E-state index contributed by atoms with van der Waals surface area (Å²) in [6.07, 6.45) is 2.12. The van der Waals surface area contributed by atoms with Gasteiger partial charge in [0.15, 0.2) is 5.75 Å². The van der Waals surface area contributed by atoms with Gasteiger partial charge in [-0.1, -0.05) is 25.5 Å². The molecular formula is C15H16N2O3. The molecule has 0 heterocycles. The largest absolute Gasteiger partial charge is 0.455 e. The highest BCUT2D eigenvalue weighted by Gasteiger charge is 2.10. The molecule has 0 saturated carbocycles. The van der Waals surface area contributed by atoms with Gasteiger partial charge in [0.05, 0.1) is 10.6 Å². The highest BCUT2D eigenvalue weighted by Crippen LogP contribution is 2.30. The quantitative estimate of drug-likeness (QED) is 0.508. The number of benzene rings is 2. The van der Waals surface area contributed by atoms with Crippen molar-refractivity contribution in [1.29, 1.82) is 0 Å². The van der Waals surface area contributed by atoms with E-state index >= 15 is 0 Å². The Bertz CT molecular complexity index is 609. The third-order valence-electron chi connectivity index (χ3n) is 2.89. The average molecular weight is 272 g/mol. The standard InChI is InChI=1S/C15H16N2O3/c1-2-3-11-4-7-13(8-5-11)20-15-9-6-12(17(18)19)10-14(15)16/h4-10H,2-3,16H2,1H3. The van der Waals surface area contributed by atoms with E-state index in [0.717, 1.165) is 12.8 Å². The molecule has 0 aliphatic heterocycles. The van der Waals surface area contributed by atoms with Crippen LogP contribution in [0, 0.1) is 10.1 Å². The molecule has 0 fully saturated rings. The molecule has 0 saturated heterocycles. The number of nitro benzene ring substituents is 1. The van der Waals surface area contributed by atoms with Gasteiger partial charge in [0.2, 0.25) is 0 Å². The summed E-state index contributed by atoms with van der Waals surface area (Å²) in [7, 11) is 0. The number of anilines is 1. The van der Waals surface area contributed by atoms with E-state index < -0.39 is 4.92 Å². The second-order valence-electron chi connectivity index (χ2n) is 4.48. The molecule has 2 rings (SSSR count). The van der Waals surface area contributed by atoms with Crippen molar-refractivity contribution in [2.75, 3.05) is 5.73 Å². The number of nitrogens with two attached hydrogens (primary N) is 1. The maximum absolute atomic E-state index is 10.6. The van der Waals surface area contributed by atoms with Gasteiger partial charge >= 0.3 is 0 Å². The van der Waals surface area contributed by atoms with Crippen LogP contribution in [-0.2, 0) is 6.42 Å². The molecule has 5 nitrogen and oxygen atoms in total. The number of nitrogen functional groups attached to an aromatic ring is 1. The van der Waals surface area contributed by atoms with E-state index in [1.54, 1.807) is 0 Å². The molecule has 0 spiro atoms. The van der Waals surface area contributed by atoms with Crippen LogP contribution in [0.25, 0.3) is 0 Å². The van der Waals surface area contributed by atoms with Gasteiger partial charge in [0.1, 0.15) is 5.75 Å². The summed E-state index contributed by atoms with van der Waals surface area (Å²) in [5.41, 5.74) is 7.20. The van der Waals surface area contributed by atoms with E-state index in [2.05, 4.69) is 6.92 Å². The van der Waals surface area contributed by atoms with Crippen molar-refractivity contribution in [2.24, 2.45) is 0 Å². The number of rotatable bonds is 5. The van der Waals surface area contributed by atoms with Gasteiger partial charge < -0.3 is 10.5 Å². The summed E-state index contributed by atoms with van der Waals surface area (Å²) < 4.78 is 5.63. The van der Waals surface area contributed by atoms with Crippen molar-refractivity contribution in [3.05, 3.63) is 58.1 Å². The normalized spacial score (nSPS) is 10.2. The molecule has 0 unspecified atom stereocenters. The van der Waals surface area contributed by atoms with Crippen molar-refractivity contribution in [3.8, 4) is 11.5 Å². The average Bonchev–Trinajstić information content (AvgIpc) is 2.43. The van der Waals surface area contributed by atoms with Gasteiger partial charge in [0.25, 0.3) is 5.69 Å². The Morgan fingerprint density at radius 3 is 2.45 bits per heavy atom. The van der Waals surface area contributed by atoms with Crippen LogP contribution >= 0.6 is 0 Å². The number of hydrogen-bond acceptors (Lipinski definition) is 4. The molecule has 0 radical (unpaired) electrons. The lowest BCUT2D eigenvalue weighted by Crippen LogP contribution is -1.95. The third-order valence-corrected chi connectivity index (χ3v) is 2.89. The first kappa shape index (κ1) is 13.9. The second kappa shape index (κ2) is 6.06. The molecule has 0 bridgehead atoms. The number of aryl methyl sites for hydroxylation is 1. The Morgan fingerprint density at radius 2 is 1.90 bits per heavy atom. The summed E-state index contributed by atoms with van der Waals surface area (Å²) in [5, 5.41) is 10.6. The molecule has 2 N–H and O–H groups in total. The minimum atomic E-state index is -0.486. The molecular weight excluding hydrogens is 256 g/mol. The number of ether oxygens (including phenoxy) is 1. The van der Waals surface area contributed by atoms with Crippen molar-refractivity contribution < 1.29 is 9.66 Å². The minimum Gasteiger partial charge on any atom is -0.455 e. The Morgan fingerprint density at radius 1 is 1.20 bits per heavy atom. The predicted octanol–water partition coefficient (Wildman–Crippen LogP) is 3.92. The van der Waals surface area contributed by atoms with Crippen LogP contribution in [0.1, 0.15) is 18.9 Å². The second-order valence-corrected chi connectivity index (χ2v) is 4.48. The zero-order chi connectivity index (χ0) is 14.5. The van der Waals surface area contributed by atoms with E-state index in [1.165, 1.54) is 23.8 Å². The summed E-state index contributed by atoms with van der Waals surface area (Å²) >= 11 is 0. The van der Waals surface area contributed by atoms with Crippen molar-refractivity contribution in [1.82, 2.24) is 0 Å². The number of non-ortho nitro benzene ring substituents is 1. The summed E-state index contributed by atoms with van der Waals surface area (Å²) in [4.78, 5) is 10.1. The van der Waals surface area contributed by atoms with E-state index in [0.29, 0.717) is 11.5 Å². The van der Waals surface area contributed by atoms with E-state index in [1.807, 2.05) is 24.3 Å². The Kier molecular flexibility index (Phi) is 4.20. The van der Waals surface area contributed by atoms with Crippen molar-refractivity contribution in [3.63, 3.8) is 0 Å². The molecule has 2 aromatic rings. The third kappa shape index (κ3) is 3.26. The van der Waals surface area contributed by atoms with Gasteiger partial charge in [-0.15, -0.1) is 0 Å². The molecule has 0 amide bonds. The fourth-order valence-corrected chi connectivity index (χ4v) is 1.88. The first-order valence-electron chi connectivity index (χ1n) is 6.41. The molecule has 0 aliphatic rings. The van der Waals surface area contributed by atoms with Gasteiger partial charge in [-0.3, -0.25) is 10.1 Å². The van der Waals surface area contributed by atoms with Crippen LogP contribution in [0.15, 0.2) is 42.5 Å². The maximum Gasteiger partial charge on any atom is 0.271 e. The van der Waals surface area contributed by atoms with Gasteiger partial charge in [-0.05, 0) is 30.2 Å². The first-order chi connectivity index (χ1) is 9.60. The lowest BCUT2D eigenvalue weighted by atomic mass is 10.1. The lowest BCUT2D eigenvalue weighted by Gasteiger charge is -2.08. The van der Waals surface area contributed by atoms with Crippen LogP contribution in [-0.4, -0.2) is 4.92 Å². The molecule has 2 aromatic carbocycles. The highest BCUT2D eigenvalue weighted by atomic mass is 16.6. The van der Waals surface area contributed by atoms with E-state index in [-0.39, 0.29) is 11.4 Å². The van der Waals surface area contributed by atoms with Crippen molar-refractivity contribution >= 4 is 11.4 Å². The predicted molar refractivity (Wildman–Crippen MR) is 78.0 cm³/mol. The summed E-state index contributed by atoms with van der Waals surface area (Å²) in [6, 6.07) is 11.9. The highest BCUT2D eigenvalue weighted by molar-refractivity contribution is 5.59. The zero-order valence-corrected chi connectivity index (χ0v) is 11.2. The van der Waals surface area contributed by atoms with Gasteiger partial charge in [-0.2, -0.15) is 0 Å². The van der Waals surface area contributed by atoms with Crippen LogP contribution in [0.5, 0.6) is 11.5 Å². The lowest BCUT2D eigenvalue weighted by molar-refractivity contribution is -0.384. The minimum absolute atomic E-state index is 0.0480. The SMILES string of the molecule is CCCc1ccc(Oc2ccc([N+](=O)[O-])cc2N)cc1. The molecule has 0 aromatic heterocycles. The number of nitro groups is 1. The van der Waals surface area contributed by atoms with E-state index in [4.69, 9.17) is 10.5 Å². The first-order valence-corrected chi connectivity index (χ1v) is 6.41. The molecule has 104 valence electrons. The summed E-state index contributed by atoms with van der Waals surface area (Å²) in [5.74, 6) is 1.07. The Hall–Kier alpha value is -2.56. The fourth-order valence-electron chi connectivity index (χ4n) is 1.88. The number of hydrogen-bond donors (Lipinski definition) is 1. The Balaban J connectivity index is 2.15. The van der Waals surface area contributed by atoms with Crippen molar-refractivity contribution in [2.45, 2.75) is 19.8 Å². The fraction of sp³-hybridized carbons (Fsp3) is 0.200. The molecule has 20 heavy (non-hydrogen) atoms. The summed E-state index contributed by atoms with van der Waals surface area (Å²) in [6.45, 7) is 2.13. The smallest absolute Gasteiger partial charge is 0.271 e. The number of nitrogens with zero attached hydrogens (tertiary/aromatic N) is 1. The topological polar surface area (TPSA) is 78.4 Å². The van der Waals surface area contributed by atoms with Crippen LogP contribution < -0.4 is 10.5 Å². The molecule has 0 atom stereocenters. The molecule has 5 heteroatoms. The zero-order valence-electron chi connectivity index (χ0n) is 11.2. The van der Waals surface area contributed by atoms with Crippen LogP contribution in [0.2, 0.25) is 0 Å². The molecule has 0 aliphatic carbocycles. The van der Waals surface area contributed by atoms with Gasteiger partial charge in [0, 0.05) is 12.1 Å². The maximum atomic E-state index is 10.6.